The molecule has 0 aromatic carbocycles. The van der Waals surface area contributed by atoms with E-state index < -0.39 is 200 Å². The molecule has 0 aromatic heterocycles. The van der Waals surface area contributed by atoms with E-state index in [1.807, 2.05) is 0 Å². The molecule has 0 fully saturated rings. The monoisotopic (exact) mass is 1710 g/mol. The molecule has 11 atom stereocenters. The zero-order valence-electron chi connectivity index (χ0n) is 70.7. The second-order valence-electron chi connectivity index (χ2n) is 35.3. The standard InChI is InChI=1S/C27H46F6O6.C24H37F9O6.C24H40F6O6/c1-16(2)20(34)37-15-21(5,6)13-19(14-22(7,8)38-17(3)23(9,10)35)24(11,12)39-18(4)25(36,26(28,29)30)27(31,32)33;1-12(2)15(34)37-16(18(7,8)38-13(3)20(11,35)22(25,26)27)17(5,6)19(9,10)39-14(4)21(36,23(28,29)30)24(31,32)33;1-13(2)18(31)34-14(3)17(12-19(6,7)35-15(4)20(8,9)32)21(10,11)36-16(5)22(33,23(25,26)27)24(28,29)30/h17-19,35-36H,1,13-15H2,2-12H3;13-14,16,35-36H,1H2,2-11H3;14-17,32-33H,1,12H2,2-11H3. The van der Waals surface area contributed by atoms with Gasteiger partial charge in [0.25, 0.3) is 16.8 Å². The molecule has 678 valence electrons. The summed E-state index contributed by atoms with van der Waals surface area (Å²) in [5.41, 5.74) is -33.8. The van der Waals surface area contributed by atoms with E-state index >= 15 is 0 Å². The molecular formula is C75H123F21O18. The minimum Gasteiger partial charge on any atom is -0.462 e. The molecule has 0 aromatic rings. The fourth-order valence-corrected chi connectivity index (χ4v) is 11.8. The molecule has 0 saturated carbocycles. The SMILES string of the molecule is C=C(C)C(=O)OC(C(C)(C)OC(C)C(C)(O)C(F)(F)F)C(C)(C)C(C)(C)OC(C)C(O)(C(F)(F)F)C(F)(F)F.C=C(C)C(=O)OC(C)C(CC(C)(C)OC(C)C(C)(C)O)C(C)(C)OC(C)C(O)(C(F)(F)F)C(F)(F)F.C=C(C)C(=O)OCC(C)(C)CC(CC(C)(C)OC(C)C(C)(C)O)C(C)(C)OC(C)C(O)(C(F)(F)F)C(F)(F)F. The Morgan fingerprint density at radius 1 is 0.333 bits per heavy atom. The molecule has 0 aliphatic rings. The van der Waals surface area contributed by atoms with Crippen LogP contribution in [-0.4, -0.2) is 214 Å². The molecule has 11 unspecified atom stereocenters. The van der Waals surface area contributed by atoms with E-state index in [4.69, 9.17) is 42.6 Å². The average Bonchev–Trinajstić information content (AvgIpc) is 0.756. The highest BCUT2D eigenvalue weighted by molar-refractivity contribution is 5.88. The molecule has 0 aliphatic carbocycles. The molecule has 39 heteroatoms. The van der Waals surface area contributed by atoms with Crippen LogP contribution in [0.25, 0.3) is 0 Å². The maximum atomic E-state index is 13.5. The molecule has 0 rings (SSSR count). The van der Waals surface area contributed by atoms with Crippen molar-refractivity contribution in [1.82, 2.24) is 0 Å². The first-order valence-corrected chi connectivity index (χ1v) is 35.6. The molecular weight excluding hydrogens is 1590 g/mol. The van der Waals surface area contributed by atoms with Crippen LogP contribution in [-0.2, 0) is 57.0 Å². The normalized spacial score (nSPS) is 17.8. The van der Waals surface area contributed by atoms with E-state index in [0.717, 1.165) is 34.6 Å². The lowest BCUT2D eigenvalue weighted by atomic mass is 9.67. The first-order chi connectivity index (χ1) is 49.2. The largest absolute Gasteiger partial charge is 0.462 e. The van der Waals surface area contributed by atoms with Crippen LogP contribution < -0.4 is 0 Å². The Labute approximate surface area is 654 Å². The number of halogens is 21. The molecule has 0 radical (unpaired) electrons. The number of alkyl halides is 21. The van der Waals surface area contributed by atoms with Gasteiger partial charge in [0, 0.05) is 28.1 Å². The van der Waals surface area contributed by atoms with E-state index in [-0.39, 0.29) is 42.6 Å². The van der Waals surface area contributed by atoms with Gasteiger partial charge in [-0.25, -0.2) is 14.4 Å². The number of ether oxygens (including phenoxy) is 9. The molecule has 0 amide bonds. The summed E-state index contributed by atoms with van der Waals surface area (Å²) in [6, 6.07) is 0. The maximum absolute atomic E-state index is 13.5. The molecule has 0 aliphatic heterocycles. The highest BCUT2D eigenvalue weighted by atomic mass is 19.4. The van der Waals surface area contributed by atoms with Crippen LogP contribution in [0.2, 0.25) is 0 Å². The second-order valence-corrected chi connectivity index (χ2v) is 35.3. The van der Waals surface area contributed by atoms with Crippen molar-refractivity contribution in [2.24, 2.45) is 22.7 Å². The summed E-state index contributed by atoms with van der Waals surface area (Å²) in [5, 5.41) is 60.0. The predicted octanol–water partition coefficient (Wildman–Crippen LogP) is 18.1. The van der Waals surface area contributed by atoms with E-state index in [1.54, 1.807) is 55.4 Å². The maximum Gasteiger partial charge on any atom is 0.428 e. The van der Waals surface area contributed by atoms with Gasteiger partial charge in [0.05, 0.1) is 64.1 Å². The molecule has 0 bridgehead atoms. The molecule has 0 heterocycles. The Kier molecular flexibility index (Phi) is 37.7. The van der Waals surface area contributed by atoms with Gasteiger partial charge >= 0.3 is 61.1 Å². The van der Waals surface area contributed by atoms with Crippen LogP contribution in [0.15, 0.2) is 36.5 Å². The van der Waals surface area contributed by atoms with Crippen molar-refractivity contribution < 1.29 is 180 Å². The van der Waals surface area contributed by atoms with Crippen LogP contribution in [0.1, 0.15) is 234 Å². The fourth-order valence-electron chi connectivity index (χ4n) is 11.8. The summed E-state index contributed by atoms with van der Waals surface area (Å²) in [4.78, 5) is 36.5. The first-order valence-electron chi connectivity index (χ1n) is 35.6. The van der Waals surface area contributed by atoms with Crippen LogP contribution in [0, 0.1) is 22.7 Å². The van der Waals surface area contributed by atoms with Crippen molar-refractivity contribution in [1.29, 1.82) is 0 Å². The van der Waals surface area contributed by atoms with Crippen molar-refractivity contribution >= 4 is 17.9 Å². The second kappa shape index (κ2) is 37.8. The zero-order valence-corrected chi connectivity index (χ0v) is 70.7. The summed E-state index contributed by atoms with van der Waals surface area (Å²) >= 11 is 0. The van der Waals surface area contributed by atoms with Gasteiger partial charge < -0.3 is 73.3 Å². The number of aliphatic hydroxyl groups is 6. The van der Waals surface area contributed by atoms with Gasteiger partial charge in [0.1, 0.15) is 36.1 Å². The van der Waals surface area contributed by atoms with E-state index in [0.29, 0.717) is 27.7 Å². The minimum atomic E-state index is -6.21. The van der Waals surface area contributed by atoms with Gasteiger partial charge in [-0.05, 0) is 218 Å². The molecule has 114 heavy (non-hydrogen) atoms. The van der Waals surface area contributed by atoms with Crippen molar-refractivity contribution in [3.8, 4) is 0 Å². The predicted molar refractivity (Wildman–Crippen MR) is 377 cm³/mol. The average molecular weight is 1710 g/mol. The summed E-state index contributed by atoms with van der Waals surface area (Å²) in [6.07, 6.45) is -56.4. The number of carbonyl (C=O) groups excluding carboxylic acids is 3. The van der Waals surface area contributed by atoms with E-state index in [2.05, 4.69) is 19.7 Å². The molecule has 0 saturated heterocycles. The molecule has 18 nitrogen and oxygen atoms in total. The van der Waals surface area contributed by atoms with Gasteiger partial charge in [0.15, 0.2) is 5.60 Å². The third-order valence-electron chi connectivity index (χ3n) is 20.3. The fraction of sp³-hybridized carbons (Fsp3) is 0.880. The lowest BCUT2D eigenvalue weighted by molar-refractivity contribution is -0.402. The third kappa shape index (κ3) is 29.8. The topological polar surface area (TPSA) is 256 Å². The number of hydrogen-bond acceptors (Lipinski definition) is 18. The Bertz CT molecular complexity index is 3100. The quantitative estimate of drug-likeness (QED) is 0.0146. The van der Waals surface area contributed by atoms with Crippen LogP contribution in [0.3, 0.4) is 0 Å². The zero-order chi connectivity index (χ0) is 92.9. The summed E-state index contributed by atoms with van der Waals surface area (Å²) in [6.45, 7) is 49.6. The van der Waals surface area contributed by atoms with Crippen LogP contribution >= 0.6 is 0 Å². The molecule has 0 spiro atoms. The first kappa shape index (κ1) is 114. The van der Waals surface area contributed by atoms with Crippen LogP contribution in [0.4, 0.5) is 92.2 Å². The van der Waals surface area contributed by atoms with Gasteiger partial charge in [-0.1, -0.05) is 47.4 Å². The lowest BCUT2D eigenvalue weighted by Crippen LogP contribution is -2.67. The van der Waals surface area contributed by atoms with Gasteiger partial charge in [-0.15, -0.1) is 0 Å². The van der Waals surface area contributed by atoms with Crippen molar-refractivity contribution in [3.05, 3.63) is 36.5 Å². The van der Waals surface area contributed by atoms with Crippen molar-refractivity contribution in [2.75, 3.05) is 6.61 Å². The Morgan fingerprint density at radius 3 is 0.904 bits per heavy atom. The highest BCUT2D eigenvalue weighted by Crippen LogP contribution is 2.54. The number of hydrogen-bond donors (Lipinski definition) is 6. The number of esters is 3. The van der Waals surface area contributed by atoms with Crippen molar-refractivity contribution in [3.63, 3.8) is 0 Å². The summed E-state index contributed by atoms with van der Waals surface area (Å²) in [5.74, 6) is -4.37. The number of carbonyl (C=O) groups is 3. The smallest absolute Gasteiger partial charge is 0.428 e. The Hall–Kier alpha value is -4.32. The highest BCUT2D eigenvalue weighted by Gasteiger charge is 2.77. The minimum absolute atomic E-state index is 0.0300. The van der Waals surface area contributed by atoms with Crippen molar-refractivity contribution in [2.45, 2.75) is 393 Å². The Morgan fingerprint density at radius 2 is 0.614 bits per heavy atom. The Balaban J connectivity index is -0.00000162. The van der Waals surface area contributed by atoms with Gasteiger partial charge in [-0.2, -0.15) is 92.2 Å². The molecule has 6 N–H and O–H groups in total. The van der Waals surface area contributed by atoms with Gasteiger partial charge in [0.2, 0.25) is 0 Å². The number of rotatable bonds is 37. The van der Waals surface area contributed by atoms with E-state index in [9.17, 15) is 137 Å². The van der Waals surface area contributed by atoms with Gasteiger partial charge in [-0.3, -0.25) is 0 Å². The lowest BCUT2D eigenvalue weighted by Gasteiger charge is -2.53. The summed E-state index contributed by atoms with van der Waals surface area (Å²) in [7, 11) is 0. The summed E-state index contributed by atoms with van der Waals surface area (Å²) < 4.78 is 332. The third-order valence-corrected chi connectivity index (χ3v) is 20.3. The van der Waals surface area contributed by atoms with E-state index in [1.165, 1.54) is 96.9 Å². The van der Waals surface area contributed by atoms with Crippen LogP contribution in [0.5, 0.6) is 0 Å².